The minimum Gasteiger partial charge on any atom is -0.382 e. The molecule has 100 valence electrons. The minimum absolute atomic E-state index is 0.467. The summed E-state index contributed by atoms with van der Waals surface area (Å²) in [5.41, 5.74) is 10.6. The Bertz CT molecular complexity index is 553. The molecule has 0 saturated carbocycles. The second-order valence-electron chi connectivity index (χ2n) is 5.15. The number of hydrogen-bond donors (Lipinski definition) is 2. The van der Waals surface area contributed by atoms with Crippen LogP contribution in [0.25, 0.3) is 11.1 Å². The Morgan fingerprint density at radius 2 is 1.89 bits per heavy atom. The van der Waals surface area contributed by atoms with Crippen LogP contribution < -0.4 is 5.73 Å². The van der Waals surface area contributed by atoms with Gasteiger partial charge in [0.25, 0.3) is 0 Å². The fraction of sp³-hybridized carbons (Fsp3) is 0.400. The number of rotatable bonds is 2. The quantitative estimate of drug-likeness (QED) is 0.869. The van der Waals surface area contributed by atoms with E-state index in [2.05, 4.69) is 41.4 Å². The molecule has 3 rings (SSSR count). The van der Waals surface area contributed by atoms with E-state index >= 15 is 0 Å². The molecule has 0 spiro atoms. The maximum atomic E-state index is 6.04. The lowest BCUT2D eigenvalue weighted by atomic mass is 9.91. The van der Waals surface area contributed by atoms with Crippen LogP contribution in [0.4, 0.5) is 5.82 Å². The largest absolute Gasteiger partial charge is 0.382 e. The zero-order valence-corrected chi connectivity index (χ0v) is 11.1. The fourth-order valence-electron chi connectivity index (χ4n) is 2.68. The molecule has 4 heteroatoms. The molecule has 0 aliphatic carbocycles. The predicted molar refractivity (Wildman–Crippen MR) is 76.0 cm³/mol. The number of H-pyrrole nitrogens is 1. The van der Waals surface area contributed by atoms with Crippen LogP contribution in [0.2, 0.25) is 0 Å². The summed E-state index contributed by atoms with van der Waals surface area (Å²) in [5, 5.41) is 7.33. The minimum atomic E-state index is 0.467. The molecule has 2 aromatic rings. The van der Waals surface area contributed by atoms with Crippen molar-refractivity contribution in [3.05, 3.63) is 35.5 Å². The van der Waals surface area contributed by atoms with E-state index in [0.717, 1.165) is 42.9 Å². The molecule has 19 heavy (non-hydrogen) atoms. The van der Waals surface area contributed by atoms with Crippen molar-refractivity contribution < 1.29 is 4.74 Å². The lowest BCUT2D eigenvalue weighted by Gasteiger charge is -2.22. The Morgan fingerprint density at radius 1 is 1.21 bits per heavy atom. The number of aromatic amines is 1. The van der Waals surface area contributed by atoms with Gasteiger partial charge in [0.05, 0.1) is 0 Å². The number of nitrogen functional groups attached to an aromatic ring is 1. The van der Waals surface area contributed by atoms with Gasteiger partial charge in [-0.05, 0) is 25.3 Å². The normalized spacial score (nSPS) is 16.7. The third-order valence-corrected chi connectivity index (χ3v) is 3.79. The van der Waals surface area contributed by atoms with Gasteiger partial charge in [-0.25, -0.2) is 0 Å². The van der Waals surface area contributed by atoms with Gasteiger partial charge in [-0.3, -0.25) is 5.10 Å². The number of aryl methyl sites for hydroxylation is 1. The number of hydrogen-bond acceptors (Lipinski definition) is 3. The topological polar surface area (TPSA) is 63.9 Å². The summed E-state index contributed by atoms with van der Waals surface area (Å²) >= 11 is 0. The Morgan fingerprint density at radius 3 is 2.58 bits per heavy atom. The summed E-state index contributed by atoms with van der Waals surface area (Å²) in [6.45, 7) is 3.72. The lowest BCUT2D eigenvalue weighted by molar-refractivity contribution is 0.0846. The summed E-state index contributed by atoms with van der Waals surface area (Å²) in [4.78, 5) is 0. The van der Waals surface area contributed by atoms with Crippen molar-refractivity contribution in [2.75, 3.05) is 18.9 Å². The van der Waals surface area contributed by atoms with Gasteiger partial charge in [-0.2, -0.15) is 5.10 Å². The van der Waals surface area contributed by atoms with E-state index < -0.39 is 0 Å². The van der Waals surface area contributed by atoms with Crippen molar-refractivity contribution in [1.82, 2.24) is 10.2 Å². The molecule has 4 nitrogen and oxygen atoms in total. The number of anilines is 1. The monoisotopic (exact) mass is 257 g/mol. The van der Waals surface area contributed by atoms with E-state index in [-0.39, 0.29) is 0 Å². The number of nitrogens with one attached hydrogen (secondary N) is 1. The van der Waals surface area contributed by atoms with Crippen LogP contribution >= 0.6 is 0 Å². The van der Waals surface area contributed by atoms with Crippen LogP contribution in [0.1, 0.15) is 30.0 Å². The first kappa shape index (κ1) is 12.2. The predicted octanol–water partition coefficient (Wildman–Crippen LogP) is 2.86. The highest BCUT2D eigenvalue weighted by molar-refractivity contribution is 5.76. The molecule has 0 amide bonds. The number of nitrogens with zero attached hydrogens (tertiary/aromatic N) is 1. The summed E-state index contributed by atoms with van der Waals surface area (Å²) in [7, 11) is 0. The number of nitrogens with two attached hydrogens (primary N) is 1. The number of aromatic nitrogens is 2. The molecule has 1 aliphatic heterocycles. The van der Waals surface area contributed by atoms with Crippen molar-refractivity contribution >= 4 is 5.82 Å². The van der Waals surface area contributed by atoms with Crippen LogP contribution in [-0.2, 0) is 4.74 Å². The Hall–Kier alpha value is -1.81. The first-order chi connectivity index (χ1) is 9.25. The van der Waals surface area contributed by atoms with E-state index in [9.17, 15) is 0 Å². The Balaban J connectivity index is 2.00. The van der Waals surface area contributed by atoms with E-state index in [1.165, 1.54) is 5.56 Å². The van der Waals surface area contributed by atoms with E-state index in [4.69, 9.17) is 10.5 Å². The average molecular weight is 257 g/mol. The van der Waals surface area contributed by atoms with Crippen LogP contribution in [0.15, 0.2) is 24.3 Å². The first-order valence-corrected chi connectivity index (χ1v) is 6.74. The smallest absolute Gasteiger partial charge is 0.153 e. The van der Waals surface area contributed by atoms with Gasteiger partial charge >= 0.3 is 0 Å². The van der Waals surface area contributed by atoms with Crippen molar-refractivity contribution in [2.24, 2.45) is 0 Å². The van der Waals surface area contributed by atoms with E-state index in [0.29, 0.717) is 11.7 Å². The van der Waals surface area contributed by atoms with Gasteiger partial charge in [-0.1, -0.05) is 29.8 Å². The third-order valence-electron chi connectivity index (χ3n) is 3.79. The zero-order valence-electron chi connectivity index (χ0n) is 11.1. The summed E-state index contributed by atoms with van der Waals surface area (Å²) in [6, 6.07) is 8.43. The first-order valence-electron chi connectivity index (χ1n) is 6.74. The van der Waals surface area contributed by atoms with Crippen LogP contribution in [0.3, 0.4) is 0 Å². The maximum absolute atomic E-state index is 6.04. The van der Waals surface area contributed by atoms with Crippen molar-refractivity contribution in [3.63, 3.8) is 0 Å². The molecule has 0 bridgehead atoms. The molecule has 1 aliphatic rings. The van der Waals surface area contributed by atoms with Gasteiger partial charge in [0, 0.05) is 30.4 Å². The van der Waals surface area contributed by atoms with Crippen LogP contribution in [0.5, 0.6) is 0 Å². The molecule has 2 heterocycles. The molecule has 3 N–H and O–H groups in total. The number of benzene rings is 1. The van der Waals surface area contributed by atoms with Crippen molar-refractivity contribution in [2.45, 2.75) is 25.7 Å². The lowest BCUT2D eigenvalue weighted by Crippen LogP contribution is -2.15. The van der Waals surface area contributed by atoms with Gasteiger partial charge < -0.3 is 10.5 Å². The highest BCUT2D eigenvalue weighted by Crippen LogP contribution is 2.36. The third kappa shape index (κ3) is 2.36. The molecule has 1 saturated heterocycles. The SMILES string of the molecule is Cc1ccc(-c2c(N)n[nH]c2C2CCOCC2)cc1. The van der Waals surface area contributed by atoms with Gasteiger partial charge in [-0.15, -0.1) is 0 Å². The molecule has 0 radical (unpaired) electrons. The maximum Gasteiger partial charge on any atom is 0.153 e. The molecule has 1 aromatic carbocycles. The second kappa shape index (κ2) is 5.05. The van der Waals surface area contributed by atoms with Gasteiger partial charge in [0.2, 0.25) is 0 Å². The van der Waals surface area contributed by atoms with Crippen LogP contribution in [0, 0.1) is 6.92 Å². The van der Waals surface area contributed by atoms with Gasteiger partial charge in [0.15, 0.2) is 5.82 Å². The Labute approximate surface area is 113 Å². The molecule has 1 aromatic heterocycles. The van der Waals surface area contributed by atoms with E-state index in [1.54, 1.807) is 0 Å². The summed E-state index contributed by atoms with van der Waals surface area (Å²) in [6.07, 6.45) is 2.06. The zero-order chi connectivity index (χ0) is 13.2. The standard InChI is InChI=1S/C15H19N3O/c1-10-2-4-11(5-3-10)13-14(17-18-15(13)16)12-6-8-19-9-7-12/h2-5,12H,6-9H2,1H3,(H3,16,17,18). The summed E-state index contributed by atoms with van der Waals surface area (Å²) < 4.78 is 5.42. The molecular formula is C15H19N3O. The fourth-order valence-corrected chi connectivity index (χ4v) is 2.68. The van der Waals surface area contributed by atoms with E-state index in [1.807, 2.05) is 0 Å². The highest BCUT2D eigenvalue weighted by Gasteiger charge is 2.23. The molecular weight excluding hydrogens is 238 g/mol. The average Bonchev–Trinajstić information content (AvgIpc) is 2.83. The van der Waals surface area contributed by atoms with Gasteiger partial charge in [0.1, 0.15) is 0 Å². The number of ether oxygens (including phenoxy) is 1. The molecule has 0 unspecified atom stereocenters. The summed E-state index contributed by atoms with van der Waals surface area (Å²) in [5.74, 6) is 1.06. The van der Waals surface area contributed by atoms with Crippen molar-refractivity contribution in [3.8, 4) is 11.1 Å². The molecule has 0 atom stereocenters. The molecule has 1 fully saturated rings. The Kier molecular flexibility index (Phi) is 3.25. The van der Waals surface area contributed by atoms with Crippen molar-refractivity contribution in [1.29, 1.82) is 0 Å². The van der Waals surface area contributed by atoms with Crippen LogP contribution in [-0.4, -0.2) is 23.4 Å². The highest BCUT2D eigenvalue weighted by atomic mass is 16.5. The second-order valence-corrected chi connectivity index (χ2v) is 5.15.